The number of hydrogen-bond donors (Lipinski definition) is 2. The van der Waals surface area contributed by atoms with Crippen LogP contribution < -0.4 is 15.4 Å². The van der Waals surface area contributed by atoms with Gasteiger partial charge in [0, 0.05) is 44.8 Å². The summed E-state index contributed by atoms with van der Waals surface area (Å²) < 4.78 is 6.03. The lowest BCUT2D eigenvalue weighted by Crippen LogP contribution is -2.48. The van der Waals surface area contributed by atoms with Crippen molar-refractivity contribution in [1.82, 2.24) is 15.5 Å². The van der Waals surface area contributed by atoms with Crippen molar-refractivity contribution in [3.05, 3.63) is 65.7 Å². The number of ether oxygens (including phenoxy) is 1. The maximum Gasteiger partial charge on any atom is 0.191 e. The van der Waals surface area contributed by atoms with Crippen LogP contribution in [-0.4, -0.2) is 43.6 Å². The number of likely N-dealkylation sites (tertiary alicyclic amines) is 1. The SMILES string of the molecule is CN=C(NCc1ccccc1OCC1CC1)NC1CCN(Cc2ccccc2)CC1. The molecule has 2 fully saturated rings. The van der Waals surface area contributed by atoms with Crippen LogP contribution in [0.1, 0.15) is 36.8 Å². The van der Waals surface area contributed by atoms with Gasteiger partial charge >= 0.3 is 0 Å². The lowest BCUT2D eigenvalue weighted by atomic mass is 10.0. The van der Waals surface area contributed by atoms with Crippen LogP contribution in [0.4, 0.5) is 0 Å². The molecule has 0 aromatic heterocycles. The highest BCUT2D eigenvalue weighted by Gasteiger charge is 2.22. The molecule has 1 heterocycles. The molecule has 2 N–H and O–H groups in total. The third-order valence-electron chi connectivity index (χ3n) is 5.99. The molecule has 0 bridgehead atoms. The van der Waals surface area contributed by atoms with E-state index in [1.807, 2.05) is 13.1 Å². The molecule has 0 atom stereocenters. The number of nitrogens with zero attached hydrogens (tertiary/aromatic N) is 2. The Kier molecular flexibility index (Phi) is 7.25. The van der Waals surface area contributed by atoms with Crippen molar-refractivity contribution in [3.63, 3.8) is 0 Å². The second-order valence-corrected chi connectivity index (χ2v) is 8.47. The van der Waals surface area contributed by atoms with Gasteiger partial charge in [0.15, 0.2) is 5.96 Å². The molecular weight excluding hydrogens is 372 g/mol. The van der Waals surface area contributed by atoms with E-state index in [0.717, 1.165) is 56.7 Å². The van der Waals surface area contributed by atoms with Gasteiger partial charge in [0.1, 0.15) is 5.75 Å². The Morgan fingerprint density at radius 1 is 1.00 bits per heavy atom. The summed E-state index contributed by atoms with van der Waals surface area (Å²) in [7, 11) is 1.84. The Morgan fingerprint density at radius 2 is 1.73 bits per heavy atom. The minimum absolute atomic E-state index is 0.463. The van der Waals surface area contributed by atoms with Crippen LogP contribution in [0.25, 0.3) is 0 Å². The van der Waals surface area contributed by atoms with Crippen LogP contribution in [0.15, 0.2) is 59.6 Å². The average Bonchev–Trinajstić information content (AvgIpc) is 3.62. The summed E-state index contributed by atoms with van der Waals surface area (Å²) in [6.45, 7) is 4.82. The number of hydrogen-bond acceptors (Lipinski definition) is 3. The normalized spacial score (nSPS) is 18.2. The van der Waals surface area contributed by atoms with Crippen molar-refractivity contribution in [3.8, 4) is 5.75 Å². The molecule has 2 aromatic rings. The minimum Gasteiger partial charge on any atom is -0.493 e. The molecule has 0 spiro atoms. The Balaban J connectivity index is 1.22. The van der Waals surface area contributed by atoms with E-state index in [2.05, 4.69) is 69.1 Å². The summed E-state index contributed by atoms with van der Waals surface area (Å²) in [5, 5.41) is 7.08. The van der Waals surface area contributed by atoms with Crippen LogP contribution >= 0.6 is 0 Å². The van der Waals surface area contributed by atoms with E-state index in [4.69, 9.17) is 4.74 Å². The quantitative estimate of drug-likeness (QED) is 0.517. The summed E-state index contributed by atoms with van der Waals surface area (Å²) in [4.78, 5) is 6.98. The molecule has 1 aliphatic heterocycles. The van der Waals surface area contributed by atoms with E-state index in [0.29, 0.717) is 12.6 Å². The van der Waals surface area contributed by atoms with E-state index in [1.54, 1.807) is 0 Å². The van der Waals surface area contributed by atoms with Gasteiger partial charge in [-0.05, 0) is 43.2 Å². The van der Waals surface area contributed by atoms with Crippen LogP contribution in [0, 0.1) is 5.92 Å². The summed E-state index contributed by atoms with van der Waals surface area (Å²) in [5.41, 5.74) is 2.57. The van der Waals surface area contributed by atoms with Gasteiger partial charge < -0.3 is 15.4 Å². The van der Waals surface area contributed by atoms with Gasteiger partial charge in [-0.1, -0.05) is 48.5 Å². The highest BCUT2D eigenvalue weighted by molar-refractivity contribution is 5.80. The maximum atomic E-state index is 6.03. The summed E-state index contributed by atoms with van der Waals surface area (Å²) in [5.74, 6) is 2.61. The molecule has 0 unspecified atom stereocenters. The third kappa shape index (κ3) is 6.23. The molecule has 0 radical (unpaired) electrons. The highest BCUT2D eigenvalue weighted by Crippen LogP contribution is 2.30. The zero-order valence-electron chi connectivity index (χ0n) is 18.0. The van der Waals surface area contributed by atoms with E-state index in [1.165, 1.54) is 24.0 Å². The molecule has 160 valence electrons. The van der Waals surface area contributed by atoms with Crippen molar-refractivity contribution < 1.29 is 4.74 Å². The largest absolute Gasteiger partial charge is 0.493 e. The average molecular weight is 407 g/mol. The molecular formula is C25H34N4O. The highest BCUT2D eigenvalue weighted by atomic mass is 16.5. The van der Waals surface area contributed by atoms with Crippen molar-refractivity contribution >= 4 is 5.96 Å². The number of guanidine groups is 1. The first-order chi connectivity index (χ1) is 14.8. The fourth-order valence-electron chi connectivity index (χ4n) is 3.93. The van der Waals surface area contributed by atoms with Gasteiger partial charge in [-0.15, -0.1) is 0 Å². The fraction of sp³-hybridized carbons (Fsp3) is 0.480. The molecule has 30 heavy (non-hydrogen) atoms. The molecule has 2 aromatic carbocycles. The molecule has 0 amide bonds. The number of piperidine rings is 1. The molecule has 5 nitrogen and oxygen atoms in total. The topological polar surface area (TPSA) is 48.9 Å². The number of rotatable bonds is 8. The maximum absolute atomic E-state index is 6.03. The molecule has 5 heteroatoms. The van der Waals surface area contributed by atoms with Crippen LogP contribution in [0.2, 0.25) is 0 Å². The van der Waals surface area contributed by atoms with Crippen molar-refractivity contribution in [1.29, 1.82) is 0 Å². The zero-order chi connectivity index (χ0) is 20.6. The first-order valence-electron chi connectivity index (χ1n) is 11.2. The number of benzene rings is 2. The minimum atomic E-state index is 0.463. The van der Waals surface area contributed by atoms with Gasteiger partial charge in [0.2, 0.25) is 0 Å². The monoisotopic (exact) mass is 406 g/mol. The van der Waals surface area contributed by atoms with E-state index >= 15 is 0 Å². The van der Waals surface area contributed by atoms with E-state index < -0.39 is 0 Å². The van der Waals surface area contributed by atoms with Gasteiger partial charge in [-0.3, -0.25) is 9.89 Å². The Bertz CT molecular complexity index is 811. The first kappa shape index (κ1) is 20.7. The predicted octanol–water partition coefficient (Wildman–Crippen LogP) is 3.81. The van der Waals surface area contributed by atoms with Gasteiger partial charge in [0.25, 0.3) is 0 Å². The summed E-state index contributed by atoms with van der Waals surface area (Å²) >= 11 is 0. The first-order valence-corrected chi connectivity index (χ1v) is 11.2. The standard InChI is InChI=1S/C25H34N4O/c1-26-25(27-17-22-9-5-6-10-24(22)30-19-21-11-12-21)28-23-13-15-29(16-14-23)18-20-7-3-2-4-8-20/h2-10,21,23H,11-19H2,1H3,(H2,26,27,28). The molecule has 4 rings (SSSR count). The van der Waals surface area contributed by atoms with Crippen LogP contribution in [0.3, 0.4) is 0 Å². The van der Waals surface area contributed by atoms with Gasteiger partial charge in [-0.2, -0.15) is 0 Å². The second-order valence-electron chi connectivity index (χ2n) is 8.47. The van der Waals surface area contributed by atoms with Crippen molar-refractivity contribution in [2.45, 2.75) is 44.8 Å². The van der Waals surface area contributed by atoms with Crippen molar-refractivity contribution in [2.75, 3.05) is 26.7 Å². The number of nitrogens with one attached hydrogen (secondary N) is 2. The van der Waals surface area contributed by atoms with Crippen molar-refractivity contribution in [2.24, 2.45) is 10.9 Å². The molecule has 1 saturated heterocycles. The van der Waals surface area contributed by atoms with Crippen LogP contribution in [0.5, 0.6) is 5.75 Å². The van der Waals surface area contributed by atoms with Crippen LogP contribution in [-0.2, 0) is 13.1 Å². The van der Waals surface area contributed by atoms with E-state index in [-0.39, 0.29) is 0 Å². The summed E-state index contributed by atoms with van der Waals surface area (Å²) in [6, 6.07) is 19.5. The van der Waals surface area contributed by atoms with E-state index in [9.17, 15) is 0 Å². The molecule has 2 aliphatic rings. The smallest absolute Gasteiger partial charge is 0.191 e. The van der Waals surface area contributed by atoms with Gasteiger partial charge in [0.05, 0.1) is 6.61 Å². The third-order valence-corrected chi connectivity index (χ3v) is 5.99. The lowest BCUT2D eigenvalue weighted by molar-refractivity contribution is 0.198. The predicted molar refractivity (Wildman–Crippen MR) is 123 cm³/mol. The Labute approximate surface area is 180 Å². The molecule has 1 saturated carbocycles. The zero-order valence-corrected chi connectivity index (χ0v) is 18.0. The number of para-hydroxylation sites is 1. The summed E-state index contributed by atoms with van der Waals surface area (Å²) in [6.07, 6.45) is 4.88. The van der Waals surface area contributed by atoms with Gasteiger partial charge in [-0.25, -0.2) is 0 Å². The number of aliphatic imine (C=N–C) groups is 1. The fourth-order valence-corrected chi connectivity index (χ4v) is 3.93. The Morgan fingerprint density at radius 3 is 2.47 bits per heavy atom. The lowest BCUT2D eigenvalue weighted by Gasteiger charge is -2.33. The molecule has 1 aliphatic carbocycles. The Hall–Kier alpha value is -2.53. The second kappa shape index (κ2) is 10.5.